The van der Waals surface area contributed by atoms with Gasteiger partial charge in [-0.2, -0.15) is 5.10 Å². The Morgan fingerprint density at radius 2 is 2.00 bits per heavy atom. The fourth-order valence-corrected chi connectivity index (χ4v) is 1.83. The molecule has 0 aromatic heterocycles. The summed E-state index contributed by atoms with van der Waals surface area (Å²) in [6, 6.07) is 8.01. The van der Waals surface area contributed by atoms with Crippen molar-refractivity contribution >= 4 is 11.9 Å². The Morgan fingerprint density at radius 1 is 1.35 bits per heavy atom. The van der Waals surface area contributed by atoms with E-state index in [0.29, 0.717) is 18.9 Å². The van der Waals surface area contributed by atoms with Crippen LogP contribution in [0.15, 0.2) is 29.4 Å². The van der Waals surface area contributed by atoms with Crippen LogP contribution in [0.5, 0.6) is 0 Å². The second-order valence-corrected chi connectivity index (χ2v) is 4.26. The highest BCUT2D eigenvalue weighted by Gasteiger charge is 2.31. The van der Waals surface area contributed by atoms with Gasteiger partial charge in [-0.15, -0.1) is 0 Å². The van der Waals surface area contributed by atoms with Gasteiger partial charge < -0.3 is 10.7 Å². The molecule has 0 spiro atoms. The van der Waals surface area contributed by atoms with Gasteiger partial charge in [0, 0.05) is 7.05 Å². The van der Waals surface area contributed by atoms with Crippen LogP contribution in [-0.4, -0.2) is 35.3 Å². The number of nitrogens with two attached hydrogens (primary N) is 1. The van der Waals surface area contributed by atoms with Gasteiger partial charge in [0.15, 0.2) is 5.84 Å². The summed E-state index contributed by atoms with van der Waals surface area (Å²) in [5, 5.41) is 3.66. The maximum atomic E-state index is 11.9. The number of urea groups is 1. The highest BCUT2D eigenvalue weighted by Crippen LogP contribution is 2.14. The van der Waals surface area contributed by atoms with Gasteiger partial charge in [-0.3, -0.25) is 4.90 Å². The van der Waals surface area contributed by atoms with Crippen molar-refractivity contribution in [2.45, 2.75) is 13.5 Å². The molecule has 2 rings (SSSR count). The quantitative estimate of drug-likeness (QED) is 0.614. The first kappa shape index (κ1) is 11.4. The molecule has 1 aromatic rings. The first-order chi connectivity index (χ1) is 8.11. The molecule has 1 aliphatic rings. The van der Waals surface area contributed by atoms with E-state index in [9.17, 15) is 4.79 Å². The molecular weight excluding hydrogens is 216 g/mol. The number of nitrogens with zero attached hydrogens (tertiary/aromatic N) is 3. The fraction of sp³-hybridized carbons (Fsp3) is 0.333. The predicted octanol–water partition coefficient (Wildman–Crippen LogP) is 1.13. The molecule has 0 aliphatic carbocycles. The van der Waals surface area contributed by atoms with Crippen molar-refractivity contribution in [2.24, 2.45) is 10.9 Å². The van der Waals surface area contributed by atoms with Crippen molar-refractivity contribution in [3.63, 3.8) is 0 Å². The average molecular weight is 232 g/mol. The van der Waals surface area contributed by atoms with E-state index in [4.69, 9.17) is 5.84 Å². The van der Waals surface area contributed by atoms with Crippen molar-refractivity contribution in [3.05, 3.63) is 35.4 Å². The Balaban J connectivity index is 2.17. The van der Waals surface area contributed by atoms with Crippen LogP contribution in [0.1, 0.15) is 11.1 Å². The fourth-order valence-electron chi connectivity index (χ4n) is 1.83. The van der Waals surface area contributed by atoms with E-state index >= 15 is 0 Å². The second-order valence-electron chi connectivity index (χ2n) is 4.26. The van der Waals surface area contributed by atoms with Crippen LogP contribution in [0.4, 0.5) is 4.79 Å². The van der Waals surface area contributed by atoms with Crippen LogP contribution in [0, 0.1) is 6.92 Å². The summed E-state index contributed by atoms with van der Waals surface area (Å²) in [6.07, 6.45) is 0. The van der Waals surface area contributed by atoms with E-state index in [0.717, 1.165) is 5.56 Å². The lowest BCUT2D eigenvalue weighted by atomic mass is 10.1. The van der Waals surface area contributed by atoms with Crippen LogP contribution < -0.4 is 5.84 Å². The van der Waals surface area contributed by atoms with Gasteiger partial charge in [-0.25, -0.2) is 4.79 Å². The van der Waals surface area contributed by atoms with Crippen molar-refractivity contribution in [3.8, 4) is 0 Å². The van der Waals surface area contributed by atoms with E-state index in [1.54, 1.807) is 16.8 Å². The van der Waals surface area contributed by atoms with Crippen LogP contribution in [-0.2, 0) is 6.54 Å². The monoisotopic (exact) mass is 232 g/mol. The zero-order chi connectivity index (χ0) is 12.4. The molecule has 1 aliphatic heterocycles. The van der Waals surface area contributed by atoms with Crippen molar-refractivity contribution in [1.82, 2.24) is 9.80 Å². The number of likely N-dealkylation sites (N-methyl/N-ethyl adjacent to an activating group) is 1. The zero-order valence-electron chi connectivity index (χ0n) is 10.1. The third-order valence-electron chi connectivity index (χ3n) is 2.86. The average Bonchev–Trinajstić information content (AvgIpc) is 2.59. The molecular formula is C12H16N4O. The van der Waals surface area contributed by atoms with Gasteiger partial charge in [0.1, 0.15) is 0 Å². The summed E-state index contributed by atoms with van der Waals surface area (Å²) in [7, 11) is 1.74. The number of carbonyl (C=O) groups is 1. The maximum absolute atomic E-state index is 11.9. The summed E-state index contributed by atoms with van der Waals surface area (Å²) in [5.41, 5.74) is 2.27. The van der Waals surface area contributed by atoms with Crippen molar-refractivity contribution in [1.29, 1.82) is 0 Å². The lowest BCUT2D eigenvalue weighted by Gasteiger charge is -2.15. The lowest BCUT2D eigenvalue weighted by molar-refractivity contribution is 0.203. The number of benzene rings is 1. The molecule has 17 heavy (non-hydrogen) atoms. The molecule has 0 saturated carbocycles. The van der Waals surface area contributed by atoms with Crippen LogP contribution in [0.2, 0.25) is 0 Å². The molecule has 0 radical (unpaired) electrons. The molecule has 1 saturated heterocycles. The predicted molar refractivity (Wildman–Crippen MR) is 66.4 cm³/mol. The molecule has 0 atom stereocenters. The SMILES string of the molecule is Cc1ccc(CN2C(=O)N(C)CC2=NN)cc1. The first-order valence-corrected chi connectivity index (χ1v) is 5.46. The molecule has 2 amide bonds. The smallest absolute Gasteiger partial charge is 0.322 e. The molecule has 1 fully saturated rings. The first-order valence-electron chi connectivity index (χ1n) is 5.46. The highest BCUT2D eigenvalue weighted by molar-refractivity contribution is 6.04. The van der Waals surface area contributed by atoms with Gasteiger partial charge in [0.25, 0.3) is 0 Å². The maximum Gasteiger partial charge on any atom is 0.325 e. The summed E-state index contributed by atoms with van der Waals surface area (Å²) >= 11 is 0. The Bertz CT molecular complexity index is 452. The van der Waals surface area contributed by atoms with E-state index in [1.165, 1.54) is 5.56 Å². The Morgan fingerprint density at radius 3 is 2.59 bits per heavy atom. The summed E-state index contributed by atoms with van der Waals surface area (Å²) < 4.78 is 0. The minimum Gasteiger partial charge on any atom is -0.322 e. The van der Waals surface area contributed by atoms with Gasteiger partial charge in [0.2, 0.25) is 0 Å². The van der Waals surface area contributed by atoms with Gasteiger partial charge in [-0.1, -0.05) is 29.8 Å². The minimum atomic E-state index is -0.0604. The number of rotatable bonds is 2. The van der Waals surface area contributed by atoms with Gasteiger partial charge in [0.05, 0.1) is 13.1 Å². The lowest BCUT2D eigenvalue weighted by Crippen LogP contribution is -2.31. The van der Waals surface area contributed by atoms with E-state index in [-0.39, 0.29) is 6.03 Å². The van der Waals surface area contributed by atoms with E-state index < -0.39 is 0 Å². The third kappa shape index (κ3) is 2.22. The largest absolute Gasteiger partial charge is 0.325 e. The summed E-state index contributed by atoms with van der Waals surface area (Å²) in [4.78, 5) is 15.1. The van der Waals surface area contributed by atoms with E-state index in [1.807, 2.05) is 31.2 Å². The molecule has 5 nitrogen and oxygen atoms in total. The molecule has 0 unspecified atom stereocenters. The van der Waals surface area contributed by atoms with Crippen LogP contribution >= 0.6 is 0 Å². The number of carbonyl (C=O) groups excluding carboxylic acids is 1. The zero-order valence-corrected chi connectivity index (χ0v) is 10.1. The topological polar surface area (TPSA) is 61.9 Å². The molecule has 0 bridgehead atoms. The number of aryl methyl sites for hydroxylation is 1. The molecule has 5 heteroatoms. The number of hydrogen-bond donors (Lipinski definition) is 1. The normalized spacial score (nSPS) is 18.2. The molecule has 90 valence electrons. The summed E-state index contributed by atoms with van der Waals surface area (Å²) in [6.45, 7) is 3.02. The van der Waals surface area contributed by atoms with Crippen molar-refractivity contribution < 1.29 is 4.79 Å². The number of hydrazone groups is 1. The number of amides is 2. The second kappa shape index (κ2) is 4.45. The third-order valence-corrected chi connectivity index (χ3v) is 2.86. The Kier molecular flexibility index (Phi) is 2.99. The van der Waals surface area contributed by atoms with Crippen LogP contribution in [0.25, 0.3) is 0 Å². The van der Waals surface area contributed by atoms with Crippen molar-refractivity contribution in [2.75, 3.05) is 13.6 Å². The minimum absolute atomic E-state index is 0.0604. The highest BCUT2D eigenvalue weighted by atomic mass is 16.2. The van der Waals surface area contributed by atoms with Crippen LogP contribution in [0.3, 0.4) is 0 Å². The molecule has 1 aromatic carbocycles. The molecule has 2 N–H and O–H groups in total. The summed E-state index contributed by atoms with van der Waals surface area (Å²) in [5.74, 6) is 5.90. The van der Waals surface area contributed by atoms with Gasteiger partial charge >= 0.3 is 6.03 Å². The number of hydrogen-bond acceptors (Lipinski definition) is 3. The Labute approximate surface area is 101 Å². The number of amidine groups is 1. The standard InChI is InChI=1S/C12H16N4O/c1-9-3-5-10(6-4-9)7-16-11(14-13)8-15(2)12(16)17/h3-6H,7-8,13H2,1-2H3. The van der Waals surface area contributed by atoms with E-state index in [2.05, 4.69) is 5.10 Å². The Hall–Kier alpha value is -2.04. The molecule has 1 heterocycles. The van der Waals surface area contributed by atoms with Gasteiger partial charge in [-0.05, 0) is 12.5 Å².